The third-order valence-corrected chi connectivity index (χ3v) is 11.6. The standard InChI is InChI=1S/C17H35N3.C15H33N3.C11H25N3/c1-16(2)9-15(10-17(3,4)20-16)19-12-14-7-5-6-13(8-14)11-18;1-14(2)11-13(12-15(3,4)18-14)17-10-8-6-5-7-9-16;1-10(2)7-9(13-6-5-12)8-11(3,4)14-10/h13-15,19-20H,5-12,18H2,1-4H3;13,17-18H,5-12,16H2,1-4H3;9,13-14H,5-8,12H2,1-4H3. The van der Waals surface area contributed by atoms with E-state index in [1.807, 2.05) is 0 Å². The molecule has 2 unspecified atom stereocenters. The molecule has 1 saturated carbocycles. The van der Waals surface area contributed by atoms with E-state index < -0.39 is 0 Å². The third-order valence-electron chi connectivity index (χ3n) is 11.6. The molecule has 0 aromatic rings. The number of hydrogen-bond acceptors (Lipinski definition) is 9. The average Bonchev–Trinajstić information content (AvgIpc) is 2.97. The molecule has 12 N–H and O–H groups in total. The minimum absolute atomic E-state index is 0.230. The van der Waals surface area contributed by atoms with E-state index in [1.54, 1.807) is 0 Å². The molecule has 4 aliphatic rings. The highest BCUT2D eigenvalue weighted by Gasteiger charge is 2.39. The molecule has 2 atom stereocenters. The van der Waals surface area contributed by atoms with Gasteiger partial charge in [0.15, 0.2) is 0 Å². The predicted octanol–water partition coefficient (Wildman–Crippen LogP) is 5.90. The summed E-state index contributed by atoms with van der Waals surface area (Å²) in [6, 6.07) is 1.91. The summed E-state index contributed by atoms with van der Waals surface area (Å²) in [7, 11) is 0. The molecule has 0 spiro atoms. The van der Waals surface area contributed by atoms with Gasteiger partial charge in [-0.1, -0.05) is 19.3 Å². The summed E-state index contributed by atoms with van der Waals surface area (Å²) in [4.78, 5) is 0. The van der Waals surface area contributed by atoms with Crippen LogP contribution in [0.15, 0.2) is 0 Å². The van der Waals surface area contributed by atoms with Gasteiger partial charge in [-0.25, -0.2) is 0 Å². The summed E-state index contributed by atoms with van der Waals surface area (Å²) < 4.78 is 0. The predicted molar refractivity (Wildman–Crippen MR) is 228 cm³/mol. The topological polar surface area (TPSA) is 150 Å². The van der Waals surface area contributed by atoms with E-state index in [0.717, 1.165) is 44.6 Å². The smallest absolute Gasteiger partial charge is 0.0144 e. The summed E-state index contributed by atoms with van der Waals surface area (Å²) in [6.07, 6.45) is 17.7. The van der Waals surface area contributed by atoms with Crippen LogP contribution in [0.2, 0.25) is 0 Å². The van der Waals surface area contributed by atoms with Crippen LogP contribution < -0.4 is 49.1 Å². The molecule has 9 heteroatoms. The van der Waals surface area contributed by atoms with E-state index in [-0.39, 0.29) is 33.2 Å². The molecule has 4 rings (SSSR count). The second kappa shape index (κ2) is 21.2. The summed E-state index contributed by atoms with van der Waals surface area (Å²) >= 11 is 0. The van der Waals surface area contributed by atoms with Crippen molar-refractivity contribution in [2.45, 2.75) is 224 Å². The number of nitrogens with two attached hydrogens (primary N) is 3. The molecular formula is C43H93N9. The normalized spacial score (nSPS) is 28.2. The van der Waals surface area contributed by atoms with Gasteiger partial charge < -0.3 is 49.1 Å². The quantitative estimate of drug-likeness (QED) is 0.0995. The van der Waals surface area contributed by atoms with Crippen molar-refractivity contribution in [1.82, 2.24) is 31.9 Å². The van der Waals surface area contributed by atoms with E-state index >= 15 is 0 Å². The van der Waals surface area contributed by atoms with Crippen molar-refractivity contribution < 1.29 is 0 Å². The fourth-order valence-corrected chi connectivity index (χ4v) is 10.8. The van der Waals surface area contributed by atoms with Crippen LogP contribution in [0, 0.1) is 11.8 Å². The number of unbranched alkanes of at least 4 members (excludes halogenated alkanes) is 3. The van der Waals surface area contributed by atoms with Crippen LogP contribution in [0.1, 0.15) is 173 Å². The van der Waals surface area contributed by atoms with Crippen LogP contribution in [0.4, 0.5) is 0 Å². The van der Waals surface area contributed by atoms with Crippen LogP contribution in [0.25, 0.3) is 0 Å². The summed E-state index contributed by atoms with van der Waals surface area (Å²) in [5.41, 5.74) is 18.3. The Morgan fingerprint density at radius 1 is 0.462 bits per heavy atom. The SMILES string of the molecule is CC1(C)CC(NCC2CCCC(CN)C2)CC(C)(C)N1.CC1(C)CC(NCCCCCCN)CC(C)(C)N1.CC1(C)CC(NCCN)CC(C)(C)N1. The Kier molecular flexibility index (Phi) is 19.5. The van der Waals surface area contributed by atoms with E-state index in [4.69, 9.17) is 17.2 Å². The first-order valence-corrected chi connectivity index (χ1v) is 21.7. The molecule has 0 aromatic heterocycles. The van der Waals surface area contributed by atoms with Crippen molar-refractivity contribution in [2.75, 3.05) is 39.3 Å². The van der Waals surface area contributed by atoms with Gasteiger partial charge in [0.2, 0.25) is 0 Å². The van der Waals surface area contributed by atoms with Gasteiger partial charge in [0.1, 0.15) is 0 Å². The van der Waals surface area contributed by atoms with E-state index in [0.29, 0.717) is 18.1 Å². The molecular weight excluding hydrogens is 643 g/mol. The second-order valence-corrected chi connectivity index (χ2v) is 21.4. The third kappa shape index (κ3) is 20.0. The average molecular weight is 736 g/mol. The van der Waals surface area contributed by atoms with Gasteiger partial charge in [-0.2, -0.15) is 0 Å². The van der Waals surface area contributed by atoms with Gasteiger partial charge >= 0.3 is 0 Å². The maximum Gasteiger partial charge on any atom is 0.0144 e. The van der Waals surface area contributed by atoms with Crippen molar-refractivity contribution in [3.63, 3.8) is 0 Å². The Hall–Kier alpha value is -0.360. The minimum Gasteiger partial charge on any atom is -0.330 e. The van der Waals surface area contributed by atoms with Gasteiger partial charge in [0.05, 0.1) is 0 Å². The van der Waals surface area contributed by atoms with Gasteiger partial charge in [-0.05, 0) is 192 Å². The first-order valence-electron chi connectivity index (χ1n) is 21.7. The van der Waals surface area contributed by atoms with Crippen LogP contribution in [0.3, 0.4) is 0 Å². The zero-order valence-electron chi connectivity index (χ0n) is 36.8. The lowest BCUT2D eigenvalue weighted by molar-refractivity contribution is 0.139. The van der Waals surface area contributed by atoms with Crippen LogP contribution in [-0.2, 0) is 0 Å². The van der Waals surface area contributed by atoms with Crippen LogP contribution >= 0.6 is 0 Å². The Morgan fingerprint density at radius 2 is 0.846 bits per heavy atom. The lowest BCUT2D eigenvalue weighted by atomic mass is 9.78. The number of hydrogen-bond donors (Lipinski definition) is 9. The van der Waals surface area contributed by atoms with Gasteiger partial charge in [-0.3, -0.25) is 0 Å². The first-order chi connectivity index (χ1) is 24.0. The summed E-state index contributed by atoms with van der Waals surface area (Å²) in [5, 5.41) is 22.3. The van der Waals surface area contributed by atoms with E-state index in [1.165, 1.54) is 96.4 Å². The Morgan fingerprint density at radius 3 is 1.25 bits per heavy atom. The highest BCUT2D eigenvalue weighted by atomic mass is 15.1. The van der Waals surface area contributed by atoms with Crippen molar-refractivity contribution in [3.8, 4) is 0 Å². The summed E-state index contributed by atoms with van der Waals surface area (Å²) in [5.74, 6) is 1.62. The Balaban J connectivity index is 0.000000275. The van der Waals surface area contributed by atoms with Crippen molar-refractivity contribution in [3.05, 3.63) is 0 Å². The van der Waals surface area contributed by atoms with Crippen LogP contribution in [0.5, 0.6) is 0 Å². The molecule has 3 heterocycles. The highest BCUT2D eigenvalue weighted by molar-refractivity contribution is 5.01. The molecule has 0 bridgehead atoms. The lowest BCUT2D eigenvalue weighted by Gasteiger charge is -2.47. The van der Waals surface area contributed by atoms with Gasteiger partial charge in [0.25, 0.3) is 0 Å². The second-order valence-electron chi connectivity index (χ2n) is 21.4. The van der Waals surface area contributed by atoms with Crippen molar-refractivity contribution in [1.29, 1.82) is 0 Å². The lowest BCUT2D eigenvalue weighted by Crippen LogP contribution is -2.62. The van der Waals surface area contributed by atoms with Gasteiger partial charge in [-0.15, -0.1) is 0 Å². The molecule has 9 nitrogen and oxygen atoms in total. The number of rotatable bonds is 14. The van der Waals surface area contributed by atoms with E-state index in [2.05, 4.69) is 115 Å². The molecule has 3 aliphatic heterocycles. The Bertz CT molecular complexity index is 928. The van der Waals surface area contributed by atoms with Crippen molar-refractivity contribution in [2.24, 2.45) is 29.0 Å². The zero-order valence-corrected chi connectivity index (χ0v) is 36.8. The molecule has 0 radical (unpaired) electrons. The molecule has 52 heavy (non-hydrogen) atoms. The van der Waals surface area contributed by atoms with E-state index in [9.17, 15) is 0 Å². The molecule has 4 fully saturated rings. The van der Waals surface area contributed by atoms with Crippen LogP contribution in [-0.4, -0.2) is 90.6 Å². The first kappa shape index (κ1) is 47.8. The maximum absolute atomic E-state index is 5.85. The largest absolute Gasteiger partial charge is 0.330 e. The molecule has 310 valence electrons. The van der Waals surface area contributed by atoms with Crippen molar-refractivity contribution >= 4 is 0 Å². The molecule has 0 amide bonds. The fraction of sp³-hybridized carbons (Fsp3) is 1.00. The van der Waals surface area contributed by atoms with Gasteiger partial charge in [0, 0.05) is 64.4 Å². The maximum atomic E-state index is 5.85. The minimum atomic E-state index is 0.230. The number of piperidine rings is 3. The molecule has 1 aliphatic carbocycles. The monoisotopic (exact) mass is 736 g/mol. The zero-order chi connectivity index (χ0) is 39.3. The molecule has 3 saturated heterocycles. The fourth-order valence-electron chi connectivity index (χ4n) is 10.8. The number of nitrogens with one attached hydrogen (secondary N) is 6. The summed E-state index contributed by atoms with van der Waals surface area (Å²) in [6.45, 7) is 33.3. The highest BCUT2D eigenvalue weighted by Crippen LogP contribution is 2.32. The Labute approximate surface area is 323 Å². The molecule has 0 aromatic carbocycles.